The van der Waals surface area contributed by atoms with Crippen molar-refractivity contribution in [1.29, 1.82) is 0 Å². The van der Waals surface area contributed by atoms with Crippen molar-refractivity contribution < 1.29 is 0 Å². The maximum atomic E-state index is 4.66. The first-order valence-corrected chi connectivity index (χ1v) is 7.43. The van der Waals surface area contributed by atoms with Crippen LogP contribution in [0.25, 0.3) is 0 Å². The average Bonchev–Trinajstić information content (AvgIpc) is 2.89. The fourth-order valence-corrected chi connectivity index (χ4v) is 2.44. The van der Waals surface area contributed by atoms with Crippen LogP contribution >= 0.6 is 11.3 Å². The summed E-state index contributed by atoms with van der Waals surface area (Å²) in [7, 11) is 2.10. The van der Waals surface area contributed by atoms with Crippen molar-refractivity contribution in [3.63, 3.8) is 0 Å². The Morgan fingerprint density at radius 3 is 2.74 bits per heavy atom. The van der Waals surface area contributed by atoms with Crippen LogP contribution in [0.4, 0.5) is 0 Å². The standard InChI is InChI=1S/C14H20N4S/c1-3-15-7-12-5-4-6-13(17-12)8-18(2)9-14-10-19-11-16-14/h4-6,10-11,15H,3,7-9H2,1-2H3. The van der Waals surface area contributed by atoms with Gasteiger partial charge < -0.3 is 5.32 Å². The summed E-state index contributed by atoms with van der Waals surface area (Å²) in [5, 5.41) is 5.39. The predicted molar refractivity (Wildman–Crippen MR) is 78.9 cm³/mol. The van der Waals surface area contributed by atoms with Crippen LogP contribution in [0.5, 0.6) is 0 Å². The number of hydrogen-bond acceptors (Lipinski definition) is 5. The molecule has 0 amide bonds. The quantitative estimate of drug-likeness (QED) is 0.842. The molecular formula is C14H20N4S. The van der Waals surface area contributed by atoms with Gasteiger partial charge in [0.1, 0.15) is 0 Å². The molecule has 0 radical (unpaired) electrons. The molecule has 0 unspecified atom stereocenters. The number of aromatic nitrogens is 2. The van der Waals surface area contributed by atoms with Crippen LogP contribution in [0, 0.1) is 0 Å². The molecule has 0 aromatic carbocycles. The molecule has 2 aromatic rings. The molecule has 0 saturated heterocycles. The molecule has 2 heterocycles. The van der Waals surface area contributed by atoms with Gasteiger partial charge in [0.15, 0.2) is 0 Å². The van der Waals surface area contributed by atoms with Crippen LogP contribution in [0.15, 0.2) is 29.1 Å². The van der Waals surface area contributed by atoms with Crippen molar-refractivity contribution in [3.05, 3.63) is 46.2 Å². The van der Waals surface area contributed by atoms with E-state index in [0.717, 1.165) is 43.3 Å². The fourth-order valence-electron chi connectivity index (χ4n) is 1.89. The molecule has 0 saturated carbocycles. The van der Waals surface area contributed by atoms with Gasteiger partial charge in [0.05, 0.1) is 22.6 Å². The third-order valence-electron chi connectivity index (χ3n) is 2.77. The number of pyridine rings is 1. The minimum Gasteiger partial charge on any atom is -0.311 e. The van der Waals surface area contributed by atoms with Gasteiger partial charge in [-0.25, -0.2) is 4.98 Å². The number of rotatable bonds is 7. The molecule has 102 valence electrons. The Balaban J connectivity index is 1.90. The SMILES string of the molecule is CCNCc1cccc(CN(C)Cc2cscn2)n1. The number of nitrogens with zero attached hydrogens (tertiary/aromatic N) is 3. The largest absolute Gasteiger partial charge is 0.311 e. The van der Waals surface area contributed by atoms with E-state index in [2.05, 4.69) is 57.7 Å². The summed E-state index contributed by atoms with van der Waals surface area (Å²) in [5.74, 6) is 0. The normalized spacial score (nSPS) is 11.1. The fraction of sp³-hybridized carbons (Fsp3) is 0.429. The first-order chi connectivity index (χ1) is 9.28. The van der Waals surface area contributed by atoms with Gasteiger partial charge in [-0.2, -0.15) is 0 Å². The van der Waals surface area contributed by atoms with Gasteiger partial charge in [0, 0.05) is 25.0 Å². The maximum Gasteiger partial charge on any atom is 0.0795 e. The zero-order valence-electron chi connectivity index (χ0n) is 11.5. The molecule has 1 N–H and O–H groups in total. The number of hydrogen-bond donors (Lipinski definition) is 1. The van der Waals surface area contributed by atoms with E-state index in [9.17, 15) is 0 Å². The Bertz CT molecular complexity index is 484. The monoisotopic (exact) mass is 276 g/mol. The Kier molecular flexibility index (Phi) is 5.44. The molecule has 0 bridgehead atoms. The molecule has 0 atom stereocenters. The van der Waals surface area contributed by atoms with Gasteiger partial charge >= 0.3 is 0 Å². The third kappa shape index (κ3) is 4.70. The highest BCUT2D eigenvalue weighted by molar-refractivity contribution is 7.07. The molecule has 0 aliphatic heterocycles. The molecule has 2 rings (SSSR count). The summed E-state index contributed by atoms with van der Waals surface area (Å²) in [5.41, 5.74) is 5.20. The van der Waals surface area contributed by atoms with Crippen molar-refractivity contribution in [3.8, 4) is 0 Å². The molecule has 4 nitrogen and oxygen atoms in total. The summed E-state index contributed by atoms with van der Waals surface area (Å²) in [6.07, 6.45) is 0. The van der Waals surface area contributed by atoms with Crippen molar-refractivity contribution >= 4 is 11.3 Å². The van der Waals surface area contributed by atoms with Crippen LogP contribution in [-0.4, -0.2) is 28.5 Å². The predicted octanol–water partition coefficient (Wildman–Crippen LogP) is 2.28. The first kappa shape index (κ1) is 14.1. The van der Waals surface area contributed by atoms with Crippen LogP contribution in [0.2, 0.25) is 0 Å². The molecule has 5 heteroatoms. The number of thiazole rings is 1. The van der Waals surface area contributed by atoms with E-state index in [1.54, 1.807) is 11.3 Å². The van der Waals surface area contributed by atoms with E-state index >= 15 is 0 Å². The summed E-state index contributed by atoms with van der Waals surface area (Å²) >= 11 is 1.64. The molecule has 19 heavy (non-hydrogen) atoms. The average molecular weight is 276 g/mol. The Labute approximate surface area is 118 Å². The van der Waals surface area contributed by atoms with E-state index in [-0.39, 0.29) is 0 Å². The second-order valence-corrected chi connectivity index (χ2v) is 5.27. The lowest BCUT2D eigenvalue weighted by atomic mass is 10.3. The highest BCUT2D eigenvalue weighted by atomic mass is 32.1. The highest BCUT2D eigenvalue weighted by Gasteiger charge is 2.05. The summed E-state index contributed by atoms with van der Waals surface area (Å²) < 4.78 is 0. The molecule has 2 aromatic heterocycles. The lowest BCUT2D eigenvalue weighted by Crippen LogP contribution is -2.19. The smallest absolute Gasteiger partial charge is 0.0795 e. The van der Waals surface area contributed by atoms with Gasteiger partial charge in [0.2, 0.25) is 0 Å². The van der Waals surface area contributed by atoms with Gasteiger partial charge in [-0.05, 0) is 25.7 Å². The van der Waals surface area contributed by atoms with Gasteiger partial charge in [-0.15, -0.1) is 11.3 Å². The van der Waals surface area contributed by atoms with Crippen LogP contribution in [-0.2, 0) is 19.6 Å². The van der Waals surface area contributed by atoms with Crippen LogP contribution in [0.3, 0.4) is 0 Å². The van der Waals surface area contributed by atoms with Crippen LogP contribution < -0.4 is 5.32 Å². The van der Waals surface area contributed by atoms with E-state index < -0.39 is 0 Å². The number of nitrogens with one attached hydrogen (secondary N) is 1. The second-order valence-electron chi connectivity index (χ2n) is 4.55. The van der Waals surface area contributed by atoms with Crippen LogP contribution in [0.1, 0.15) is 24.0 Å². The van der Waals surface area contributed by atoms with E-state index in [1.165, 1.54) is 0 Å². The Hall–Kier alpha value is -1.30. The molecular weight excluding hydrogens is 256 g/mol. The lowest BCUT2D eigenvalue weighted by Gasteiger charge is -2.15. The molecule has 0 aliphatic rings. The zero-order valence-corrected chi connectivity index (χ0v) is 12.3. The summed E-state index contributed by atoms with van der Waals surface area (Å²) in [4.78, 5) is 11.2. The minimum absolute atomic E-state index is 0.833. The second kappa shape index (κ2) is 7.33. The summed E-state index contributed by atoms with van der Waals surface area (Å²) in [6.45, 7) is 5.61. The Morgan fingerprint density at radius 2 is 2.00 bits per heavy atom. The topological polar surface area (TPSA) is 41.0 Å². The first-order valence-electron chi connectivity index (χ1n) is 6.49. The minimum atomic E-state index is 0.833. The van der Waals surface area contributed by atoms with Crippen molar-refractivity contribution in [2.24, 2.45) is 0 Å². The van der Waals surface area contributed by atoms with Crippen molar-refractivity contribution in [2.45, 2.75) is 26.6 Å². The van der Waals surface area contributed by atoms with E-state index in [4.69, 9.17) is 0 Å². The van der Waals surface area contributed by atoms with Gasteiger partial charge in [-0.3, -0.25) is 9.88 Å². The summed E-state index contributed by atoms with van der Waals surface area (Å²) in [6, 6.07) is 6.21. The lowest BCUT2D eigenvalue weighted by molar-refractivity contribution is 0.311. The maximum absolute atomic E-state index is 4.66. The Morgan fingerprint density at radius 1 is 1.21 bits per heavy atom. The molecule has 0 spiro atoms. The molecule has 0 fully saturated rings. The van der Waals surface area contributed by atoms with Crippen molar-refractivity contribution in [2.75, 3.05) is 13.6 Å². The zero-order chi connectivity index (χ0) is 13.5. The molecule has 0 aliphatic carbocycles. The highest BCUT2D eigenvalue weighted by Crippen LogP contribution is 2.08. The van der Waals surface area contributed by atoms with Gasteiger partial charge in [-0.1, -0.05) is 13.0 Å². The van der Waals surface area contributed by atoms with Crippen molar-refractivity contribution in [1.82, 2.24) is 20.2 Å². The van der Waals surface area contributed by atoms with E-state index in [1.807, 2.05) is 5.51 Å². The third-order valence-corrected chi connectivity index (χ3v) is 3.40. The van der Waals surface area contributed by atoms with Gasteiger partial charge in [0.25, 0.3) is 0 Å². The van der Waals surface area contributed by atoms with E-state index in [0.29, 0.717) is 0 Å².